The zero-order valence-electron chi connectivity index (χ0n) is 18.8. The van der Waals surface area contributed by atoms with Crippen molar-refractivity contribution in [3.8, 4) is 0 Å². The topological polar surface area (TPSA) is 69.9 Å². The van der Waals surface area contributed by atoms with Crippen LogP contribution in [0, 0.1) is 5.92 Å². The highest BCUT2D eigenvalue weighted by atomic mass is 32.1. The molecule has 0 spiro atoms. The summed E-state index contributed by atoms with van der Waals surface area (Å²) >= 11 is 1.75. The van der Waals surface area contributed by atoms with Crippen LogP contribution in [0.1, 0.15) is 56.2 Å². The predicted octanol–water partition coefficient (Wildman–Crippen LogP) is 5.49. The number of nitrogens with one attached hydrogen (secondary N) is 1. The van der Waals surface area contributed by atoms with Gasteiger partial charge in [0.05, 0.1) is 5.69 Å². The van der Waals surface area contributed by atoms with Gasteiger partial charge in [-0.25, -0.2) is 9.78 Å². The number of aromatic nitrogens is 2. The van der Waals surface area contributed by atoms with Crippen molar-refractivity contribution in [1.82, 2.24) is 14.3 Å². The molecule has 31 heavy (non-hydrogen) atoms. The number of carboxylic acid groups (broad SMARTS) is 1. The van der Waals surface area contributed by atoms with Gasteiger partial charge in [0.25, 0.3) is 0 Å². The maximum absolute atomic E-state index is 11.6. The van der Waals surface area contributed by atoms with E-state index in [4.69, 9.17) is 4.98 Å². The number of likely N-dealkylation sites (tertiary alicyclic amines) is 1. The second kappa shape index (κ2) is 8.54. The Morgan fingerprint density at radius 2 is 2.03 bits per heavy atom. The van der Waals surface area contributed by atoms with Crippen molar-refractivity contribution in [2.45, 2.75) is 58.4 Å². The first-order chi connectivity index (χ1) is 14.7. The normalized spacial score (nSPS) is 19.7. The third-order valence-electron chi connectivity index (χ3n) is 5.96. The van der Waals surface area contributed by atoms with Gasteiger partial charge in [0.1, 0.15) is 5.82 Å². The number of hydrogen-bond donors (Lipinski definition) is 2. The second-order valence-electron chi connectivity index (χ2n) is 9.50. The second-order valence-corrected chi connectivity index (χ2v) is 10.5. The van der Waals surface area contributed by atoms with Crippen LogP contribution < -0.4 is 5.32 Å². The van der Waals surface area contributed by atoms with Crippen molar-refractivity contribution >= 4 is 28.2 Å². The SMILES string of the molecule is CCc1nc2sc(C3CCN(C(=O)O)CC3Cc3ccccc3)cn2c1NC(C)(C)C. The summed E-state index contributed by atoms with van der Waals surface area (Å²) in [7, 11) is 0. The lowest BCUT2D eigenvalue weighted by molar-refractivity contribution is 0.112. The molecule has 1 amide bonds. The summed E-state index contributed by atoms with van der Waals surface area (Å²) in [5.74, 6) is 1.66. The first-order valence-corrected chi connectivity index (χ1v) is 11.9. The van der Waals surface area contributed by atoms with E-state index in [9.17, 15) is 9.90 Å². The first-order valence-electron chi connectivity index (χ1n) is 11.1. The van der Waals surface area contributed by atoms with Crippen LogP contribution in [0.4, 0.5) is 10.6 Å². The maximum atomic E-state index is 11.6. The molecule has 2 N–H and O–H groups in total. The maximum Gasteiger partial charge on any atom is 0.407 e. The van der Waals surface area contributed by atoms with Crippen LogP contribution in [-0.2, 0) is 12.8 Å². The minimum absolute atomic E-state index is 0.0509. The number of amides is 1. The highest BCUT2D eigenvalue weighted by Gasteiger charge is 2.34. The molecule has 4 rings (SSSR count). The van der Waals surface area contributed by atoms with E-state index in [1.54, 1.807) is 16.2 Å². The Kier molecular flexibility index (Phi) is 5.97. The summed E-state index contributed by atoms with van der Waals surface area (Å²) in [5, 5.41) is 13.2. The molecule has 6 nitrogen and oxygen atoms in total. The van der Waals surface area contributed by atoms with E-state index in [0.29, 0.717) is 19.0 Å². The van der Waals surface area contributed by atoms with Gasteiger partial charge in [-0.05, 0) is 51.5 Å². The Morgan fingerprint density at radius 3 is 2.68 bits per heavy atom. The number of hydrogen-bond acceptors (Lipinski definition) is 4. The third kappa shape index (κ3) is 4.71. The number of piperidine rings is 1. The fourth-order valence-corrected chi connectivity index (χ4v) is 5.75. The van der Waals surface area contributed by atoms with E-state index < -0.39 is 6.09 Å². The van der Waals surface area contributed by atoms with Crippen molar-refractivity contribution < 1.29 is 9.90 Å². The van der Waals surface area contributed by atoms with E-state index in [1.807, 2.05) is 6.07 Å². The minimum atomic E-state index is -0.818. The van der Waals surface area contributed by atoms with Crippen LogP contribution in [0.15, 0.2) is 36.5 Å². The van der Waals surface area contributed by atoms with E-state index >= 15 is 0 Å². The van der Waals surface area contributed by atoms with Crippen LogP contribution in [0.25, 0.3) is 4.96 Å². The molecule has 1 saturated heterocycles. The van der Waals surface area contributed by atoms with Gasteiger partial charge in [-0.3, -0.25) is 4.40 Å². The summed E-state index contributed by atoms with van der Waals surface area (Å²) < 4.78 is 2.20. The number of thiazole rings is 1. The van der Waals surface area contributed by atoms with Gasteiger partial charge in [-0.1, -0.05) is 37.3 Å². The Labute approximate surface area is 187 Å². The van der Waals surface area contributed by atoms with Crippen molar-refractivity contribution in [3.63, 3.8) is 0 Å². The van der Waals surface area contributed by atoms with Gasteiger partial charge in [0, 0.05) is 35.6 Å². The van der Waals surface area contributed by atoms with Gasteiger partial charge >= 0.3 is 6.09 Å². The minimum Gasteiger partial charge on any atom is -0.465 e. The Bertz CT molecular complexity index is 1050. The average molecular weight is 441 g/mol. The summed E-state index contributed by atoms with van der Waals surface area (Å²) in [6.07, 6.45) is 4.02. The summed E-state index contributed by atoms with van der Waals surface area (Å²) in [6.45, 7) is 9.78. The Morgan fingerprint density at radius 1 is 1.29 bits per heavy atom. The van der Waals surface area contributed by atoms with Gasteiger partial charge in [0.15, 0.2) is 4.96 Å². The average Bonchev–Trinajstić information content (AvgIpc) is 3.26. The molecular weight excluding hydrogens is 408 g/mol. The summed E-state index contributed by atoms with van der Waals surface area (Å²) in [4.78, 5) is 20.4. The molecule has 0 radical (unpaired) electrons. The molecule has 2 atom stereocenters. The lowest BCUT2D eigenvalue weighted by Crippen LogP contribution is -2.43. The van der Waals surface area contributed by atoms with Crippen molar-refractivity contribution in [2.24, 2.45) is 5.92 Å². The van der Waals surface area contributed by atoms with Crippen molar-refractivity contribution in [3.05, 3.63) is 52.7 Å². The number of anilines is 1. The summed E-state index contributed by atoms with van der Waals surface area (Å²) in [5.41, 5.74) is 2.30. The van der Waals surface area contributed by atoms with Gasteiger partial charge < -0.3 is 15.3 Å². The Balaban J connectivity index is 1.67. The molecule has 1 aliphatic heterocycles. The lowest BCUT2D eigenvalue weighted by atomic mass is 9.81. The molecular formula is C24H32N4O2S. The third-order valence-corrected chi connectivity index (χ3v) is 7.07. The van der Waals surface area contributed by atoms with Gasteiger partial charge in [-0.2, -0.15) is 0 Å². The molecule has 2 unspecified atom stereocenters. The fraction of sp³-hybridized carbons (Fsp3) is 0.500. The van der Waals surface area contributed by atoms with E-state index in [1.165, 1.54) is 10.4 Å². The highest BCUT2D eigenvalue weighted by Crippen LogP contribution is 2.40. The van der Waals surface area contributed by atoms with Crippen molar-refractivity contribution in [1.29, 1.82) is 0 Å². The highest BCUT2D eigenvalue weighted by molar-refractivity contribution is 7.17. The fourth-order valence-electron chi connectivity index (χ4n) is 4.52. The molecule has 2 aromatic heterocycles. The van der Waals surface area contributed by atoms with E-state index in [2.05, 4.69) is 67.9 Å². The molecule has 7 heteroatoms. The quantitative estimate of drug-likeness (QED) is 0.550. The molecule has 1 fully saturated rings. The van der Waals surface area contributed by atoms with Gasteiger partial charge in [-0.15, -0.1) is 11.3 Å². The first kappa shape index (κ1) is 21.7. The number of nitrogens with zero attached hydrogens (tertiary/aromatic N) is 3. The van der Waals surface area contributed by atoms with Crippen LogP contribution >= 0.6 is 11.3 Å². The summed E-state index contributed by atoms with van der Waals surface area (Å²) in [6, 6.07) is 10.4. The monoisotopic (exact) mass is 440 g/mol. The zero-order valence-corrected chi connectivity index (χ0v) is 19.6. The number of benzene rings is 1. The number of aryl methyl sites for hydroxylation is 1. The smallest absolute Gasteiger partial charge is 0.407 e. The van der Waals surface area contributed by atoms with Crippen LogP contribution in [0.5, 0.6) is 0 Å². The molecule has 1 aromatic carbocycles. The number of rotatable bonds is 5. The molecule has 3 aromatic rings. The molecule has 166 valence electrons. The molecule has 1 aliphatic rings. The zero-order chi connectivity index (χ0) is 22.2. The van der Waals surface area contributed by atoms with Crippen LogP contribution in [0.2, 0.25) is 0 Å². The molecule has 0 bridgehead atoms. The standard InChI is InChI=1S/C24H32N4O2S/c1-5-19-21(26-24(2,3)4)28-15-20(31-22(28)25-19)18-11-12-27(23(29)30)14-17(18)13-16-9-7-6-8-10-16/h6-10,15,17-18,26H,5,11-14H2,1-4H3,(H,29,30). The van der Waals surface area contributed by atoms with Crippen LogP contribution in [-0.4, -0.2) is 44.1 Å². The largest absolute Gasteiger partial charge is 0.465 e. The van der Waals surface area contributed by atoms with E-state index in [0.717, 1.165) is 35.7 Å². The lowest BCUT2D eigenvalue weighted by Gasteiger charge is -2.37. The molecule has 0 aliphatic carbocycles. The van der Waals surface area contributed by atoms with Gasteiger partial charge in [0.2, 0.25) is 0 Å². The molecule has 3 heterocycles. The van der Waals surface area contributed by atoms with Crippen LogP contribution in [0.3, 0.4) is 0 Å². The van der Waals surface area contributed by atoms with E-state index in [-0.39, 0.29) is 11.5 Å². The number of carbonyl (C=O) groups is 1. The Hall–Kier alpha value is -2.54. The number of fused-ring (bicyclic) bond motifs is 1. The predicted molar refractivity (Wildman–Crippen MR) is 126 cm³/mol. The molecule has 0 saturated carbocycles. The number of imidazole rings is 1. The van der Waals surface area contributed by atoms with Crippen molar-refractivity contribution in [2.75, 3.05) is 18.4 Å².